The van der Waals surface area contributed by atoms with Crippen molar-refractivity contribution in [3.8, 4) is 0 Å². The predicted molar refractivity (Wildman–Crippen MR) is 48.9 cm³/mol. The molecular weight excluding hydrogens is 198 g/mol. The number of H-pyrrole nitrogens is 1. The van der Waals surface area contributed by atoms with Crippen LogP contribution in [0, 0.1) is 0 Å². The Morgan fingerprint density at radius 1 is 1.60 bits per heavy atom. The molecule has 78 valence electrons. The van der Waals surface area contributed by atoms with E-state index in [0.717, 1.165) is 0 Å². The summed E-state index contributed by atoms with van der Waals surface area (Å²) >= 11 is 0. The Morgan fingerprint density at radius 2 is 2.53 bits per heavy atom. The van der Waals surface area contributed by atoms with Gasteiger partial charge in [0.15, 0.2) is 6.33 Å². The minimum atomic E-state index is -0.178. The van der Waals surface area contributed by atoms with Gasteiger partial charge in [-0.2, -0.15) is 10.1 Å². The minimum absolute atomic E-state index is 0.178. The van der Waals surface area contributed by atoms with Crippen LogP contribution in [0.4, 0.5) is 0 Å². The smallest absolute Gasteiger partial charge is 0.254 e. The molecule has 15 heavy (non-hydrogen) atoms. The van der Waals surface area contributed by atoms with Gasteiger partial charge in [-0.15, -0.1) is 0 Å². The lowest BCUT2D eigenvalue weighted by Crippen LogP contribution is -2.25. The van der Waals surface area contributed by atoms with Gasteiger partial charge in [0.05, 0.1) is 11.8 Å². The van der Waals surface area contributed by atoms with Crippen molar-refractivity contribution < 1.29 is 9.32 Å². The lowest BCUT2D eigenvalue weighted by Gasteiger charge is -1.99. The van der Waals surface area contributed by atoms with Crippen LogP contribution < -0.4 is 5.32 Å². The van der Waals surface area contributed by atoms with Crippen molar-refractivity contribution >= 4 is 5.91 Å². The zero-order chi connectivity index (χ0) is 10.5. The third kappa shape index (κ3) is 2.39. The van der Waals surface area contributed by atoms with Gasteiger partial charge in [-0.1, -0.05) is 5.16 Å². The van der Waals surface area contributed by atoms with Gasteiger partial charge in [-0.25, -0.2) is 0 Å². The van der Waals surface area contributed by atoms with Crippen LogP contribution in [0.2, 0.25) is 0 Å². The summed E-state index contributed by atoms with van der Waals surface area (Å²) in [6, 6.07) is 0. The molecule has 0 radical (unpaired) electrons. The van der Waals surface area contributed by atoms with Crippen LogP contribution >= 0.6 is 0 Å². The standard InChI is InChI=1S/C8H9N5O2/c14-8(6-3-11-12-4-6)9-2-1-7-10-5-13-15-7/h3-5H,1-2H2,(H,9,14)(H,11,12). The highest BCUT2D eigenvalue weighted by Gasteiger charge is 2.06. The number of amides is 1. The molecule has 0 unspecified atom stereocenters. The Balaban J connectivity index is 1.77. The molecule has 0 bridgehead atoms. The number of hydrogen-bond acceptors (Lipinski definition) is 5. The summed E-state index contributed by atoms with van der Waals surface area (Å²) < 4.78 is 4.78. The maximum Gasteiger partial charge on any atom is 0.254 e. The van der Waals surface area contributed by atoms with E-state index in [1.54, 1.807) is 0 Å². The van der Waals surface area contributed by atoms with Gasteiger partial charge in [-0.3, -0.25) is 9.89 Å². The van der Waals surface area contributed by atoms with Gasteiger partial charge in [0, 0.05) is 19.2 Å². The van der Waals surface area contributed by atoms with E-state index in [1.807, 2.05) is 0 Å². The molecule has 2 aromatic rings. The first-order valence-electron chi connectivity index (χ1n) is 4.39. The average molecular weight is 207 g/mol. The van der Waals surface area contributed by atoms with Gasteiger partial charge >= 0.3 is 0 Å². The predicted octanol–water partition coefficient (Wildman–Crippen LogP) is -0.235. The summed E-state index contributed by atoms with van der Waals surface area (Å²) in [4.78, 5) is 15.2. The topological polar surface area (TPSA) is 96.7 Å². The molecular formula is C8H9N5O2. The molecule has 0 saturated carbocycles. The number of aromatic nitrogens is 4. The SMILES string of the molecule is O=C(NCCc1ncno1)c1cn[nH]c1. The van der Waals surface area contributed by atoms with E-state index >= 15 is 0 Å². The maximum absolute atomic E-state index is 11.4. The first kappa shape index (κ1) is 9.38. The fourth-order valence-corrected chi connectivity index (χ4v) is 1.07. The fourth-order valence-electron chi connectivity index (χ4n) is 1.07. The molecule has 7 nitrogen and oxygen atoms in total. The molecule has 0 aromatic carbocycles. The van der Waals surface area contributed by atoms with Crippen molar-refractivity contribution in [2.45, 2.75) is 6.42 Å². The van der Waals surface area contributed by atoms with Gasteiger partial charge in [0.2, 0.25) is 5.89 Å². The van der Waals surface area contributed by atoms with E-state index in [-0.39, 0.29) is 5.91 Å². The molecule has 0 aliphatic carbocycles. The monoisotopic (exact) mass is 207 g/mol. The molecule has 0 spiro atoms. The number of carbonyl (C=O) groups is 1. The van der Waals surface area contributed by atoms with E-state index in [1.165, 1.54) is 18.7 Å². The molecule has 0 saturated heterocycles. The van der Waals surface area contributed by atoms with Gasteiger partial charge in [-0.05, 0) is 0 Å². The van der Waals surface area contributed by atoms with E-state index in [9.17, 15) is 4.79 Å². The zero-order valence-corrected chi connectivity index (χ0v) is 7.80. The maximum atomic E-state index is 11.4. The summed E-state index contributed by atoms with van der Waals surface area (Å²) in [7, 11) is 0. The number of carbonyl (C=O) groups excluding carboxylic acids is 1. The van der Waals surface area contributed by atoms with Gasteiger partial charge in [0.25, 0.3) is 5.91 Å². The first-order valence-corrected chi connectivity index (χ1v) is 4.39. The molecule has 0 atom stereocenters. The summed E-state index contributed by atoms with van der Waals surface area (Å²) in [5, 5.41) is 12.4. The Morgan fingerprint density at radius 3 is 3.20 bits per heavy atom. The van der Waals surface area contributed by atoms with Crippen molar-refractivity contribution in [2.75, 3.05) is 6.54 Å². The zero-order valence-electron chi connectivity index (χ0n) is 7.80. The van der Waals surface area contributed by atoms with Crippen LogP contribution in [-0.2, 0) is 6.42 Å². The molecule has 7 heteroatoms. The van der Waals surface area contributed by atoms with Crippen LogP contribution in [0.1, 0.15) is 16.2 Å². The molecule has 2 rings (SSSR count). The van der Waals surface area contributed by atoms with Crippen molar-refractivity contribution in [2.24, 2.45) is 0 Å². The second-order valence-corrected chi connectivity index (χ2v) is 2.83. The summed E-state index contributed by atoms with van der Waals surface area (Å²) in [6.07, 6.45) is 4.83. The Labute approximate surface area is 84.9 Å². The molecule has 2 aromatic heterocycles. The van der Waals surface area contributed by atoms with Crippen LogP contribution in [0.15, 0.2) is 23.2 Å². The third-order valence-corrected chi connectivity index (χ3v) is 1.79. The number of hydrogen-bond donors (Lipinski definition) is 2. The van der Waals surface area contributed by atoms with Gasteiger partial charge in [0.1, 0.15) is 0 Å². The highest BCUT2D eigenvalue weighted by Crippen LogP contribution is 1.94. The first-order chi connectivity index (χ1) is 7.36. The number of aromatic amines is 1. The van der Waals surface area contributed by atoms with Crippen molar-refractivity contribution in [3.05, 3.63) is 30.2 Å². The average Bonchev–Trinajstić information content (AvgIpc) is 2.90. The Kier molecular flexibility index (Phi) is 2.72. The van der Waals surface area contributed by atoms with E-state index in [0.29, 0.717) is 24.4 Å². The van der Waals surface area contributed by atoms with Crippen molar-refractivity contribution in [1.82, 2.24) is 25.7 Å². The Hall–Kier alpha value is -2.18. The quantitative estimate of drug-likeness (QED) is 0.721. The van der Waals surface area contributed by atoms with Gasteiger partial charge < -0.3 is 9.84 Å². The molecule has 0 aliphatic rings. The molecule has 0 aliphatic heterocycles. The second-order valence-electron chi connectivity index (χ2n) is 2.83. The summed E-state index contributed by atoms with van der Waals surface area (Å²) in [6.45, 7) is 0.451. The summed E-state index contributed by atoms with van der Waals surface area (Å²) in [5.74, 6) is 0.325. The van der Waals surface area contributed by atoms with Crippen LogP contribution in [0.25, 0.3) is 0 Å². The lowest BCUT2D eigenvalue weighted by molar-refractivity contribution is 0.0953. The Bertz CT molecular complexity index is 408. The molecule has 2 heterocycles. The normalized spacial score (nSPS) is 10.1. The van der Waals surface area contributed by atoms with Crippen LogP contribution in [0.5, 0.6) is 0 Å². The highest BCUT2D eigenvalue weighted by molar-refractivity contribution is 5.93. The molecule has 1 amide bonds. The largest absolute Gasteiger partial charge is 0.351 e. The van der Waals surface area contributed by atoms with Crippen molar-refractivity contribution in [3.63, 3.8) is 0 Å². The minimum Gasteiger partial charge on any atom is -0.351 e. The van der Waals surface area contributed by atoms with E-state index in [2.05, 4.69) is 25.7 Å². The van der Waals surface area contributed by atoms with Crippen LogP contribution in [-0.4, -0.2) is 32.8 Å². The number of nitrogens with zero attached hydrogens (tertiary/aromatic N) is 3. The van der Waals surface area contributed by atoms with Crippen LogP contribution in [0.3, 0.4) is 0 Å². The second kappa shape index (κ2) is 4.36. The fraction of sp³-hybridized carbons (Fsp3) is 0.250. The molecule has 2 N–H and O–H groups in total. The lowest BCUT2D eigenvalue weighted by atomic mass is 10.3. The highest BCUT2D eigenvalue weighted by atomic mass is 16.5. The number of nitrogens with one attached hydrogen (secondary N) is 2. The number of rotatable bonds is 4. The molecule has 0 fully saturated rings. The van der Waals surface area contributed by atoms with E-state index < -0.39 is 0 Å². The van der Waals surface area contributed by atoms with Crippen molar-refractivity contribution in [1.29, 1.82) is 0 Å². The van der Waals surface area contributed by atoms with E-state index in [4.69, 9.17) is 4.52 Å². The summed E-state index contributed by atoms with van der Waals surface area (Å²) in [5.41, 5.74) is 0.500. The third-order valence-electron chi connectivity index (χ3n) is 1.79.